The summed E-state index contributed by atoms with van der Waals surface area (Å²) in [5, 5.41) is 12.7. The Hall–Kier alpha value is -2.15. The molecule has 158 valence electrons. The second kappa shape index (κ2) is 7.84. The lowest BCUT2D eigenvalue weighted by Gasteiger charge is -2.56. The van der Waals surface area contributed by atoms with Gasteiger partial charge in [-0.1, -0.05) is 17.8 Å². The molecule has 0 radical (unpaired) electrons. The van der Waals surface area contributed by atoms with Gasteiger partial charge < -0.3 is 5.32 Å². The number of nitrogens with zero attached hydrogens (tertiary/aromatic N) is 3. The SMILES string of the molecule is C=CCn1c(SCC(=O)NC23CC4CC(CC(C4)C2)C3)nnc1-c1ccc(F)cc1. The molecule has 4 bridgehead atoms. The second-order valence-electron chi connectivity index (χ2n) is 9.25. The first-order valence-electron chi connectivity index (χ1n) is 10.8. The summed E-state index contributed by atoms with van der Waals surface area (Å²) in [5.41, 5.74) is 0.816. The molecule has 4 fully saturated rings. The minimum Gasteiger partial charge on any atom is -0.350 e. The van der Waals surface area contributed by atoms with E-state index in [0.29, 0.717) is 23.3 Å². The van der Waals surface area contributed by atoms with Gasteiger partial charge >= 0.3 is 0 Å². The van der Waals surface area contributed by atoms with Crippen molar-refractivity contribution in [2.45, 2.75) is 55.8 Å². The highest BCUT2D eigenvalue weighted by molar-refractivity contribution is 7.99. The van der Waals surface area contributed by atoms with Gasteiger partial charge in [-0.3, -0.25) is 9.36 Å². The molecule has 4 aliphatic rings. The summed E-state index contributed by atoms with van der Waals surface area (Å²) in [6, 6.07) is 6.20. The van der Waals surface area contributed by atoms with E-state index in [2.05, 4.69) is 22.1 Å². The number of benzene rings is 1. The third-order valence-electron chi connectivity index (χ3n) is 6.91. The first kappa shape index (κ1) is 19.8. The van der Waals surface area contributed by atoms with Crippen LogP contribution in [0.3, 0.4) is 0 Å². The number of rotatable bonds is 7. The van der Waals surface area contributed by atoms with Crippen molar-refractivity contribution in [3.8, 4) is 11.4 Å². The zero-order valence-corrected chi connectivity index (χ0v) is 17.8. The van der Waals surface area contributed by atoms with Crippen LogP contribution in [0.25, 0.3) is 11.4 Å². The Morgan fingerprint density at radius 2 is 1.80 bits per heavy atom. The fourth-order valence-corrected chi connectivity index (χ4v) is 6.98. The number of hydrogen-bond donors (Lipinski definition) is 1. The minimum atomic E-state index is -0.288. The van der Waals surface area contributed by atoms with Crippen LogP contribution in [0.5, 0.6) is 0 Å². The van der Waals surface area contributed by atoms with Gasteiger partial charge in [-0.25, -0.2) is 4.39 Å². The number of thioether (sulfide) groups is 1. The molecule has 4 aliphatic carbocycles. The molecule has 7 heteroatoms. The Morgan fingerprint density at radius 1 is 1.17 bits per heavy atom. The zero-order valence-electron chi connectivity index (χ0n) is 17.0. The highest BCUT2D eigenvalue weighted by Gasteiger charge is 2.51. The summed E-state index contributed by atoms with van der Waals surface area (Å²) in [7, 11) is 0. The average molecular weight is 427 g/mol. The Kier molecular flexibility index (Phi) is 5.17. The number of halogens is 1. The first-order chi connectivity index (χ1) is 14.5. The van der Waals surface area contributed by atoms with E-state index in [1.54, 1.807) is 18.2 Å². The molecule has 1 heterocycles. The zero-order chi connectivity index (χ0) is 20.7. The quantitative estimate of drug-likeness (QED) is 0.525. The van der Waals surface area contributed by atoms with Crippen molar-refractivity contribution in [1.29, 1.82) is 0 Å². The Morgan fingerprint density at radius 3 is 2.40 bits per heavy atom. The molecule has 0 saturated heterocycles. The van der Waals surface area contributed by atoms with Gasteiger partial charge in [-0.2, -0.15) is 0 Å². The van der Waals surface area contributed by atoms with Crippen LogP contribution in [-0.2, 0) is 11.3 Å². The number of carbonyl (C=O) groups excluding carboxylic acids is 1. The number of amides is 1. The predicted molar refractivity (Wildman–Crippen MR) is 115 cm³/mol. The molecule has 6 rings (SSSR count). The molecule has 1 amide bonds. The minimum absolute atomic E-state index is 0.0282. The summed E-state index contributed by atoms with van der Waals surface area (Å²) in [4.78, 5) is 12.8. The van der Waals surface area contributed by atoms with Crippen LogP contribution in [0.2, 0.25) is 0 Å². The lowest BCUT2D eigenvalue weighted by atomic mass is 9.53. The van der Waals surface area contributed by atoms with Gasteiger partial charge in [-0.15, -0.1) is 16.8 Å². The first-order valence-corrected chi connectivity index (χ1v) is 11.8. The molecule has 0 aliphatic heterocycles. The second-order valence-corrected chi connectivity index (χ2v) is 10.2. The molecule has 1 aromatic carbocycles. The van der Waals surface area contributed by atoms with E-state index in [4.69, 9.17) is 0 Å². The van der Waals surface area contributed by atoms with E-state index in [1.807, 2.05) is 4.57 Å². The normalized spacial score (nSPS) is 29.2. The number of hydrogen-bond acceptors (Lipinski definition) is 4. The third-order valence-corrected chi connectivity index (χ3v) is 7.87. The van der Waals surface area contributed by atoms with Crippen molar-refractivity contribution < 1.29 is 9.18 Å². The number of carbonyl (C=O) groups is 1. The van der Waals surface area contributed by atoms with Gasteiger partial charge in [0.25, 0.3) is 0 Å². The van der Waals surface area contributed by atoms with Crippen LogP contribution < -0.4 is 5.32 Å². The van der Waals surface area contributed by atoms with Crippen LogP contribution in [-0.4, -0.2) is 32.0 Å². The van der Waals surface area contributed by atoms with Crippen molar-refractivity contribution in [3.63, 3.8) is 0 Å². The number of allylic oxidation sites excluding steroid dienone is 1. The topological polar surface area (TPSA) is 59.8 Å². The summed E-state index contributed by atoms with van der Waals surface area (Å²) in [5.74, 6) is 3.18. The van der Waals surface area contributed by atoms with Gasteiger partial charge in [0.15, 0.2) is 11.0 Å². The van der Waals surface area contributed by atoms with Crippen molar-refractivity contribution in [2.75, 3.05) is 5.75 Å². The van der Waals surface area contributed by atoms with Gasteiger partial charge in [0, 0.05) is 17.6 Å². The fraction of sp³-hybridized carbons (Fsp3) is 0.522. The van der Waals surface area contributed by atoms with Crippen LogP contribution in [0, 0.1) is 23.6 Å². The molecule has 0 atom stereocenters. The van der Waals surface area contributed by atoms with E-state index in [1.165, 1.54) is 43.2 Å². The highest BCUT2D eigenvalue weighted by Crippen LogP contribution is 2.55. The van der Waals surface area contributed by atoms with E-state index < -0.39 is 0 Å². The van der Waals surface area contributed by atoms with Crippen molar-refractivity contribution in [3.05, 3.63) is 42.7 Å². The maximum absolute atomic E-state index is 13.3. The molecule has 1 aromatic heterocycles. The monoisotopic (exact) mass is 426 g/mol. The van der Waals surface area contributed by atoms with Crippen LogP contribution in [0.4, 0.5) is 4.39 Å². The maximum Gasteiger partial charge on any atom is 0.230 e. The molecular weight excluding hydrogens is 399 g/mol. The molecule has 2 aromatic rings. The molecule has 0 unspecified atom stereocenters. The Balaban J connectivity index is 1.26. The molecule has 1 N–H and O–H groups in total. The van der Waals surface area contributed by atoms with Gasteiger partial charge in [0.05, 0.1) is 5.75 Å². The van der Waals surface area contributed by atoms with Gasteiger partial charge in [-0.05, 0) is 80.5 Å². The van der Waals surface area contributed by atoms with Gasteiger partial charge in [0.2, 0.25) is 5.91 Å². The highest BCUT2D eigenvalue weighted by atomic mass is 32.2. The molecule has 0 spiro atoms. The van der Waals surface area contributed by atoms with Gasteiger partial charge in [0.1, 0.15) is 5.82 Å². The smallest absolute Gasteiger partial charge is 0.230 e. The third kappa shape index (κ3) is 3.80. The van der Waals surface area contributed by atoms with Crippen LogP contribution in [0.1, 0.15) is 38.5 Å². The largest absolute Gasteiger partial charge is 0.350 e. The van der Waals surface area contributed by atoms with Crippen molar-refractivity contribution in [1.82, 2.24) is 20.1 Å². The summed E-state index contributed by atoms with van der Waals surface area (Å²) >= 11 is 1.40. The lowest BCUT2D eigenvalue weighted by Crippen LogP contribution is -2.60. The Labute approximate surface area is 180 Å². The summed E-state index contributed by atoms with van der Waals surface area (Å²) in [6.07, 6.45) is 9.31. The molecule has 30 heavy (non-hydrogen) atoms. The molecule has 4 saturated carbocycles. The predicted octanol–water partition coefficient (Wildman–Crippen LogP) is 4.45. The standard InChI is InChI=1S/C23H27FN4OS/c1-2-7-28-21(18-3-5-19(24)6-4-18)26-27-22(28)30-14-20(29)25-23-11-15-8-16(12-23)10-17(9-15)13-23/h2-6,15-17H,1,7-14H2,(H,25,29). The average Bonchev–Trinajstić information content (AvgIpc) is 3.08. The molecular formula is C23H27FN4OS. The van der Waals surface area contributed by atoms with Crippen molar-refractivity contribution >= 4 is 17.7 Å². The van der Waals surface area contributed by atoms with Crippen LogP contribution >= 0.6 is 11.8 Å². The van der Waals surface area contributed by atoms with E-state index in [-0.39, 0.29) is 17.3 Å². The van der Waals surface area contributed by atoms with E-state index in [9.17, 15) is 9.18 Å². The maximum atomic E-state index is 13.3. The summed E-state index contributed by atoms with van der Waals surface area (Å²) in [6.45, 7) is 4.34. The number of aromatic nitrogens is 3. The molecule has 5 nitrogen and oxygen atoms in total. The lowest BCUT2D eigenvalue weighted by molar-refractivity contribution is -0.124. The summed E-state index contributed by atoms with van der Waals surface area (Å²) < 4.78 is 15.2. The van der Waals surface area contributed by atoms with Crippen molar-refractivity contribution in [2.24, 2.45) is 17.8 Å². The fourth-order valence-electron chi connectivity index (χ4n) is 6.23. The van der Waals surface area contributed by atoms with Crippen LogP contribution in [0.15, 0.2) is 42.1 Å². The van der Waals surface area contributed by atoms with E-state index >= 15 is 0 Å². The Bertz CT molecular complexity index is 919. The number of nitrogens with one attached hydrogen (secondary N) is 1. The van der Waals surface area contributed by atoms with E-state index in [0.717, 1.165) is 42.6 Å².